The average molecular weight is 352 g/mol. The Morgan fingerprint density at radius 3 is 2.29 bits per heavy atom. The fourth-order valence-electron chi connectivity index (χ4n) is 2.75. The number of aromatic nitrogens is 3. The van der Waals surface area contributed by atoms with Gasteiger partial charge in [-0.25, -0.2) is 9.67 Å². The zero-order chi connectivity index (χ0) is 18.0. The summed E-state index contributed by atoms with van der Waals surface area (Å²) in [4.78, 5) is 4.01. The molecule has 0 fully saturated rings. The smallest absolute Gasteiger partial charge is 0.222 e. The topological polar surface area (TPSA) is 60.2 Å². The van der Waals surface area contributed by atoms with Crippen LogP contribution in [0.25, 0.3) is 0 Å². The molecule has 1 heterocycles. The molecule has 1 aromatic heterocycles. The molecule has 5 nitrogen and oxygen atoms in total. The van der Waals surface area contributed by atoms with Gasteiger partial charge in [0.2, 0.25) is 6.23 Å². The zero-order valence-corrected chi connectivity index (χ0v) is 15.7. The van der Waals surface area contributed by atoms with Crippen molar-refractivity contribution in [3.63, 3.8) is 0 Å². The highest BCUT2D eigenvalue weighted by molar-refractivity contribution is 6.30. The van der Waals surface area contributed by atoms with E-state index >= 15 is 0 Å². The molecule has 0 saturated carbocycles. The number of aliphatic hydroxyl groups is 1. The summed E-state index contributed by atoms with van der Waals surface area (Å²) in [5.74, 6) is 0.903. The number of hydrogen-bond donors (Lipinski definition) is 1. The van der Waals surface area contributed by atoms with Crippen LogP contribution in [0.4, 0.5) is 0 Å². The summed E-state index contributed by atoms with van der Waals surface area (Å²) < 4.78 is 7.73. The predicted octanol–water partition coefficient (Wildman–Crippen LogP) is 4.33. The number of rotatable bonds is 6. The van der Waals surface area contributed by atoms with Crippen LogP contribution in [0.1, 0.15) is 47.3 Å². The van der Waals surface area contributed by atoms with Gasteiger partial charge in [0.15, 0.2) is 0 Å². The molecular formula is C18H26ClN3O2. The maximum absolute atomic E-state index is 11.6. The molecule has 2 aromatic rings. The number of nitrogens with zero attached hydrogens (tertiary/aromatic N) is 3. The number of hydrogen-bond acceptors (Lipinski definition) is 4. The molecule has 1 aromatic carbocycles. The van der Waals surface area contributed by atoms with Gasteiger partial charge in [0, 0.05) is 5.02 Å². The van der Waals surface area contributed by atoms with Gasteiger partial charge in [-0.1, -0.05) is 46.2 Å². The quantitative estimate of drug-likeness (QED) is 0.841. The second kappa shape index (κ2) is 7.11. The molecule has 2 rings (SSSR count). The monoisotopic (exact) mass is 351 g/mol. The van der Waals surface area contributed by atoms with Crippen molar-refractivity contribution in [2.45, 2.75) is 52.9 Å². The highest BCUT2D eigenvalue weighted by atomic mass is 35.5. The fourth-order valence-corrected chi connectivity index (χ4v) is 2.88. The molecule has 1 N–H and O–H groups in total. The second-order valence-corrected chi connectivity index (χ2v) is 8.01. The summed E-state index contributed by atoms with van der Waals surface area (Å²) in [6.45, 7) is 10.2. The van der Waals surface area contributed by atoms with Crippen LogP contribution in [0.15, 0.2) is 36.9 Å². The minimum absolute atomic E-state index is 0.286. The highest BCUT2D eigenvalue weighted by Crippen LogP contribution is 2.44. The lowest BCUT2D eigenvalue weighted by Gasteiger charge is -2.46. The van der Waals surface area contributed by atoms with E-state index in [1.807, 2.05) is 20.8 Å². The lowest BCUT2D eigenvalue weighted by Crippen LogP contribution is -2.53. The van der Waals surface area contributed by atoms with Gasteiger partial charge in [0.1, 0.15) is 24.0 Å². The third-order valence-corrected chi connectivity index (χ3v) is 4.42. The van der Waals surface area contributed by atoms with E-state index in [4.69, 9.17) is 16.3 Å². The van der Waals surface area contributed by atoms with Crippen molar-refractivity contribution in [1.29, 1.82) is 0 Å². The fraction of sp³-hybridized carbons (Fsp3) is 0.556. The van der Waals surface area contributed by atoms with Crippen LogP contribution >= 0.6 is 11.6 Å². The van der Waals surface area contributed by atoms with E-state index < -0.39 is 17.2 Å². The molecule has 0 aliphatic heterocycles. The van der Waals surface area contributed by atoms with Crippen molar-refractivity contribution in [3.05, 3.63) is 41.9 Å². The van der Waals surface area contributed by atoms with E-state index in [1.54, 1.807) is 35.3 Å². The highest BCUT2D eigenvalue weighted by Gasteiger charge is 2.50. The Kier molecular flexibility index (Phi) is 5.56. The molecule has 0 aliphatic rings. The summed E-state index contributed by atoms with van der Waals surface area (Å²) in [5.41, 5.74) is -1.57. The minimum atomic E-state index is -1.14. The van der Waals surface area contributed by atoms with Crippen LogP contribution in [-0.4, -0.2) is 25.5 Å². The van der Waals surface area contributed by atoms with Crippen molar-refractivity contribution in [2.75, 3.05) is 0 Å². The Morgan fingerprint density at radius 1 is 1.21 bits per heavy atom. The molecule has 2 unspecified atom stereocenters. The zero-order valence-electron chi connectivity index (χ0n) is 14.9. The summed E-state index contributed by atoms with van der Waals surface area (Å²) in [7, 11) is 0. The Hall–Kier alpha value is -1.59. The molecule has 0 aliphatic carbocycles. The van der Waals surface area contributed by atoms with Crippen molar-refractivity contribution >= 4 is 11.6 Å². The van der Waals surface area contributed by atoms with Gasteiger partial charge in [-0.15, -0.1) is 0 Å². The van der Waals surface area contributed by atoms with E-state index in [9.17, 15) is 5.11 Å². The first-order valence-electron chi connectivity index (χ1n) is 8.12. The number of ether oxygens (including phenoxy) is 1. The normalized spacial score (nSPS) is 16.0. The van der Waals surface area contributed by atoms with Crippen molar-refractivity contribution in [3.8, 4) is 5.75 Å². The van der Waals surface area contributed by atoms with Crippen molar-refractivity contribution in [2.24, 2.45) is 11.3 Å². The molecule has 132 valence electrons. The number of benzene rings is 1. The third kappa shape index (κ3) is 4.08. The SMILES string of the molecule is CC(C)CC(O)(C(Oc1ccc(Cl)cc1)n1cncn1)C(C)(C)C. The molecule has 0 amide bonds. The summed E-state index contributed by atoms with van der Waals surface area (Å²) in [5, 5.41) is 16.5. The van der Waals surface area contributed by atoms with Gasteiger partial charge >= 0.3 is 0 Å². The average Bonchev–Trinajstić information content (AvgIpc) is 2.98. The Labute approximate surface area is 148 Å². The molecule has 2 atom stereocenters. The van der Waals surface area contributed by atoms with E-state index in [1.165, 1.54) is 6.33 Å². The molecule has 0 saturated heterocycles. The van der Waals surface area contributed by atoms with Gasteiger partial charge in [-0.05, 0) is 42.0 Å². The first-order chi connectivity index (χ1) is 11.1. The Balaban J connectivity index is 2.45. The van der Waals surface area contributed by atoms with Gasteiger partial charge < -0.3 is 9.84 Å². The number of halogens is 1. The standard InChI is InChI=1S/C18H26ClN3O2/c1-13(2)10-18(23,17(3,4)5)16(22-12-20-11-21-22)24-15-8-6-14(19)7-9-15/h6-9,11-13,16,23H,10H2,1-5H3. The molecule has 0 spiro atoms. The molecule has 0 bridgehead atoms. The van der Waals surface area contributed by atoms with Gasteiger partial charge in [0.05, 0.1) is 0 Å². The summed E-state index contributed by atoms with van der Waals surface area (Å²) in [6.07, 6.45) is 2.87. The first kappa shape index (κ1) is 18.7. The van der Waals surface area contributed by atoms with Crippen LogP contribution in [0.5, 0.6) is 5.75 Å². The molecule has 6 heteroatoms. The maximum atomic E-state index is 11.6. The maximum Gasteiger partial charge on any atom is 0.222 e. The van der Waals surface area contributed by atoms with Crippen molar-refractivity contribution < 1.29 is 9.84 Å². The first-order valence-corrected chi connectivity index (χ1v) is 8.50. The van der Waals surface area contributed by atoms with E-state index in [2.05, 4.69) is 23.9 Å². The van der Waals surface area contributed by atoms with Crippen LogP contribution in [0.2, 0.25) is 5.02 Å². The summed E-state index contributed by atoms with van der Waals surface area (Å²) >= 11 is 5.95. The van der Waals surface area contributed by atoms with Gasteiger partial charge in [-0.3, -0.25) is 0 Å². The van der Waals surface area contributed by atoms with Crippen molar-refractivity contribution in [1.82, 2.24) is 14.8 Å². The van der Waals surface area contributed by atoms with Crippen LogP contribution in [0.3, 0.4) is 0 Å². The summed E-state index contributed by atoms with van der Waals surface area (Å²) in [6, 6.07) is 7.08. The Morgan fingerprint density at radius 2 is 1.83 bits per heavy atom. The molecule has 24 heavy (non-hydrogen) atoms. The van der Waals surface area contributed by atoms with E-state index in [0.717, 1.165) is 0 Å². The Bertz CT molecular complexity index is 635. The minimum Gasteiger partial charge on any atom is -0.466 e. The second-order valence-electron chi connectivity index (χ2n) is 7.57. The van der Waals surface area contributed by atoms with Gasteiger partial charge in [0.25, 0.3) is 0 Å². The third-order valence-electron chi connectivity index (χ3n) is 4.16. The van der Waals surface area contributed by atoms with Gasteiger partial charge in [-0.2, -0.15) is 5.10 Å². The van der Waals surface area contributed by atoms with Crippen LogP contribution in [-0.2, 0) is 0 Å². The van der Waals surface area contributed by atoms with Crippen LogP contribution in [0, 0.1) is 11.3 Å². The molecular weight excluding hydrogens is 326 g/mol. The molecule has 0 radical (unpaired) electrons. The largest absolute Gasteiger partial charge is 0.466 e. The van der Waals surface area contributed by atoms with E-state index in [0.29, 0.717) is 17.2 Å². The lowest BCUT2D eigenvalue weighted by atomic mass is 9.71. The van der Waals surface area contributed by atoms with Crippen LogP contribution < -0.4 is 4.74 Å². The van der Waals surface area contributed by atoms with E-state index in [-0.39, 0.29) is 5.92 Å². The lowest BCUT2D eigenvalue weighted by molar-refractivity contribution is -0.175. The predicted molar refractivity (Wildman–Crippen MR) is 95.0 cm³/mol.